The molecule has 4 aromatic rings. The molecule has 0 aliphatic carbocycles. The van der Waals surface area contributed by atoms with Crippen LogP contribution in [0, 0.1) is 5.92 Å². The second-order valence-electron chi connectivity index (χ2n) is 10.6. The van der Waals surface area contributed by atoms with Crippen LogP contribution in [0.2, 0.25) is 0 Å². The fourth-order valence-electron chi connectivity index (χ4n) is 5.13. The van der Waals surface area contributed by atoms with Gasteiger partial charge in [0.15, 0.2) is 5.60 Å². The van der Waals surface area contributed by atoms with Crippen molar-refractivity contribution < 1.29 is 29.0 Å². The molecule has 2 atom stereocenters. The number of benzene rings is 4. The van der Waals surface area contributed by atoms with Crippen LogP contribution in [0.5, 0.6) is 23.0 Å². The molecule has 5 N–H and O–H groups in total. The summed E-state index contributed by atoms with van der Waals surface area (Å²) in [5.74, 6) is 2.30. The fraction of sp³-hybridized carbons (Fsp3) is 0.235. The lowest BCUT2D eigenvalue weighted by Crippen LogP contribution is -2.42. The molecule has 0 bridgehead atoms. The first-order valence-electron chi connectivity index (χ1n) is 13.8. The predicted molar refractivity (Wildman–Crippen MR) is 160 cm³/mol. The van der Waals surface area contributed by atoms with Gasteiger partial charge in [0.25, 0.3) is 0 Å². The summed E-state index contributed by atoms with van der Waals surface area (Å²) in [6, 6.07) is 29.2. The van der Waals surface area contributed by atoms with E-state index in [4.69, 9.17) is 23.9 Å². The Labute approximate surface area is 246 Å². The summed E-state index contributed by atoms with van der Waals surface area (Å²) in [6.07, 6.45) is 3.35. The van der Waals surface area contributed by atoms with Gasteiger partial charge in [0.05, 0.1) is 5.56 Å². The van der Waals surface area contributed by atoms with E-state index in [1.54, 1.807) is 6.07 Å². The van der Waals surface area contributed by atoms with E-state index in [0.717, 1.165) is 22.3 Å². The number of hydrogen-bond donors (Lipinski definition) is 3. The Hall–Kier alpha value is -4.34. The van der Waals surface area contributed by atoms with Gasteiger partial charge in [0.2, 0.25) is 0 Å². The molecule has 0 aromatic heterocycles. The van der Waals surface area contributed by atoms with Crippen molar-refractivity contribution >= 4 is 6.08 Å². The van der Waals surface area contributed by atoms with E-state index in [1.165, 1.54) is 0 Å². The molecule has 2 aliphatic rings. The normalized spacial score (nSPS) is 19.1. The van der Waals surface area contributed by atoms with Gasteiger partial charge in [-0.15, -0.1) is 0 Å². The van der Waals surface area contributed by atoms with Crippen LogP contribution >= 0.6 is 0 Å². The van der Waals surface area contributed by atoms with E-state index >= 15 is 0 Å². The maximum atomic E-state index is 10.6. The van der Waals surface area contributed by atoms with Gasteiger partial charge in [0.1, 0.15) is 48.9 Å². The van der Waals surface area contributed by atoms with Crippen molar-refractivity contribution in [2.75, 3.05) is 6.61 Å². The third-order valence-electron chi connectivity index (χ3n) is 7.27. The second kappa shape index (κ2) is 12.7. The molecule has 42 heavy (non-hydrogen) atoms. The number of hydrogen-bond acceptors (Lipinski definition) is 8. The molecule has 8 nitrogen and oxygen atoms in total. The second-order valence-corrected chi connectivity index (χ2v) is 10.6. The number of ether oxygens (including phenoxy) is 3. The average Bonchev–Trinajstić information content (AvgIpc) is 3.45. The Morgan fingerprint density at radius 1 is 0.929 bits per heavy atom. The molecule has 1 saturated heterocycles. The van der Waals surface area contributed by atoms with Crippen LogP contribution in [0.4, 0.5) is 0 Å². The maximum Gasteiger partial charge on any atom is 0.187 e. The van der Waals surface area contributed by atoms with E-state index < -0.39 is 11.7 Å². The molecule has 0 saturated carbocycles. The number of phenolic OH excluding ortho intramolecular Hbond substituents is 1. The summed E-state index contributed by atoms with van der Waals surface area (Å²) in [5, 5.41) is 10.6. The molecule has 2 heterocycles. The number of phenols is 1. The van der Waals surface area contributed by atoms with Gasteiger partial charge in [0, 0.05) is 17.2 Å². The number of rotatable bonds is 9. The number of nitrogens with one attached hydrogen (secondary N) is 1. The summed E-state index contributed by atoms with van der Waals surface area (Å²) in [4.78, 5) is 12.1. The summed E-state index contributed by atoms with van der Waals surface area (Å²) in [5.41, 5.74) is 5.84. The Balaban J connectivity index is 0.00000353. The highest BCUT2D eigenvalue weighted by Gasteiger charge is 2.55. The lowest BCUT2D eigenvalue weighted by molar-refractivity contribution is -0.127. The van der Waals surface area contributed by atoms with Crippen molar-refractivity contribution in [3.05, 3.63) is 125 Å². The van der Waals surface area contributed by atoms with Crippen LogP contribution in [0.15, 0.2) is 97.1 Å². The Morgan fingerprint density at radius 3 is 2.31 bits per heavy atom. The van der Waals surface area contributed by atoms with Crippen LogP contribution < -0.4 is 26.0 Å². The van der Waals surface area contributed by atoms with Crippen LogP contribution in [0.1, 0.15) is 47.8 Å². The van der Waals surface area contributed by atoms with Gasteiger partial charge in [-0.2, -0.15) is 0 Å². The van der Waals surface area contributed by atoms with Gasteiger partial charge in [-0.3, -0.25) is 9.68 Å². The predicted octanol–water partition coefficient (Wildman–Crippen LogP) is 7.18. The van der Waals surface area contributed by atoms with Gasteiger partial charge in [-0.1, -0.05) is 92.3 Å². The highest BCUT2D eigenvalue weighted by Crippen LogP contribution is 2.54. The van der Waals surface area contributed by atoms with Gasteiger partial charge >= 0.3 is 0 Å². The van der Waals surface area contributed by atoms with E-state index in [-0.39, 0.29) is 18.5 Å². The monoisotopic (exact) mass is 568 g/mol. The molecule has 218 valence electrons. The standard InChI is InChI=1S/C34H33NO6.H3N/c1-23(2)13-15-27-30(36)18-16-28-32(27)39-22-34(33(28)40-35-41-34)29-17-14-26(37-20-24-9-5-3-6-10-24)19-31(29)38-21-25-11-7-4-8-12-25;/h3-19,23,33,35-36H,20-22H2,1-2H3;1H3/b15-13-;/t33?,34-;/m0./s1. The Kier molecular flexibility index (Phi) is 8.80. The number of allylic oxidation sites excluding steroid dienone is 1. The van der Waals surface area contributed by atoms with Crippen LogP contribution in [-0.4, -0.2) is 11.7 Å². The quantitative estimate of drug-likeness (QED) is 0.195. The molecular weight excluding hydrogens is 532 g/mol. The average molecular weight is 569 g/mol. The van der Waals surface area contributed by atoms with Gasteiger partial charge in [-0.05, 0) is 41.3 Å². The summed E-state index contributed by atoms with van der Waals surface area (Å²) < 4.78 is 18.9. The molecule has 6 rings (SSSR count). The van der Waals surface area contributed by atoms with E-state index in [9.17, 15) is 5.11 Å². The SMILES string of the molecule is CC(C)/C=C\c1c(O)ccc2c1OC[C@@]1(c3ccc(OCc4ccccc4)cc3OCc3ccccc3)ONOC21.N. The van der Waals surface area contributed by atoms with E-state index in [2.05, 4.69) is 19.5 Å². The maximum absolute atomic E-state index is 10.6. The van der Waals surface area contributed by atoms with Crippen molar-refractivity contribution in [1.29, 1.82) is 0 Å². The lowest BCUT2D eigenvalue weighted by Gasteiger charge is -2.37. The zero-order valence-electron chi connectivity index (χ0n) is 23.8. The van der Waals surface area contributed by atoms with Crippen molar-refractivity contribution in [2.45, 2.75) is 38.8 Å². The Bertz CT molecular complexity index is 1530. The first-order valence-corrected chi connectivity index (χ1v) is 13.8. The highest BCUT2D eigenvalue weighted by molar-refractivity contribution is 5.68. The molecule has 0 radical (unpaired) electrons. The summed E-state index contributed by atoms with van der Waals surface area (Å²) in [6.45, 7) is 5.09. The molecular formula is C34H36N2O6. The fourth-order valence-corrected chi connectivity index (χ4v) is 5.13. The zero-order valence-corrected chi connectivity index (χ0v) is 23.8. The van der Waals surface area contributed by atoms with Crippen LogP contribution in [0.3, 0.4) is 0 Å². The molecule has 1 fully saturated rings. The van der Waals surface area contributed by atoms with Crippen molar-refractivity contribution in [2.24, 2.45) is 5.92 Å². The largest absolute Gasteiger partial charge is 0.507 e. The summed E-state index contributed by atoms with van der Waals surface area (Å²) in [7, 11) is 0. The van der Waals surface area contributed by atoms with E-state index in [0.29, 0.717) is 41.9 Å². The molecule has 1 unspecified atom stereocenters. The minimum Gasteiger partial charge on any atom is -0.507 e. The molecule has 0 amide bonds. The van der Waals surface area contributed by atoms with Crippen molar-refractivity contribution in [1.82, 2.24) is 11.8 Å². The number of fused-ring (bicyclic) bond motifs is 3. The zero-order chi connectivity index (χ0) is 28.2. The minimum atomic E-state index is -1.05. The first kappa shape index (κ1) is 29.2. The third-order valence-corrected chi connectivity index (χ3v) is 7.27. The minimum absolute atomic E-state index is 0. The van der Waals surface area contributed by atoms with Crippen molar-refractivity contribution in [3.8, 4) is 23.0 Å². The van der Waals surface area contributed by atoms with E-state index in [1.807, 2.05) is 97.1 Å². The number of aromatic hydroxyl groups is 1. The lowest BCUT2D eigenvalue weighted by atomic mass is 9.81. The van der Waals surface area contributed by atoms with Crippen LogP contribution in [-0.2, 0) is 28.5 Å². The molecule has 2 aliphatic heterocycles. The van der Waals surface area contributed by atoms with Gasteiger partial charge in [-0.25, -0.2) is 0 Å². The van der Waals surface area contributed by atoms with Crippen LogP contribution in [0.25, 0.3) is 6.08 Å². The van der Waals surface area contributed by atoms with Gasteiger partial charge < -0.3 is 25.5 Å². The molecule has 4 aromatic carbocycles. The summed E-state index contributed by atoms with van der Waals surface area (Å²) >= 11 is 0. The third kappa shape index (κ3) is 5.84. The highest BCUT2D eigenvalue weighted by atomic mass is 17.0. The molecule has 0 spiro atoms. The molecule has 8 heteroatoms. The smallest absolute Gasteiger partial charge is 0.187 e. The Morgan fingerprint density at radius 2 is 1.62 bits per heavy atom. The van der Waals surface area contributed by atoms with Crippen molar-refractivity contribution in [3.63, 3.8) is 0 Å². The first-order chi connectivity index (χ1) is 20.0. The topological polar surface area (TPSA) is 113 Å².